The van der Waals surface area contributed by atoms with E-state index in [0.717, 1.165) is 6.29 Å². The number of aldehydes is 1. The van der Waals surface area contributed by atoms with Gasteiger partial charge in [-0.05, 0) is 41.3 Å². The van der Waals surface area contributed by atoms with Gasteiger partial charge in [-0.3, -0.25) is 9.59 Å². The zero-order chi connectivity index (χ0) is 18.9. The Labute approximate surface area is 152 Å². The first-order chi connectivity index (χ1) is 12.3. The van der Waals surface area contributed by atoms with Gasteiger partial charge in [-0.25, -0.2) is 0 Å². The molecule has 0 aliphatic rings. The minimum atomic E-state index is -0.386. The Bertz CT molecular complexity index is 962. The standard InChI is InChI=1S/C21H21NO4/c1-21(2,3)14-6-8-15(9-7-14)22-20(24)18-11-16-13(12-23)5-10-17(25-4)19(16)26-18/h5-12H,1-4H3,(H,22,24). The van der Waals surface area contributed by atoms with Crippen LogP contribution in [-0.2, 0) is 5.41 Å². The van der Waals surface area contributed by atoms with Crippen LogP contribution in [-0.4, -0.2) is 19.3 Å². The summed E-state index contributed by atoms with van der Waals surface area (Å²) in [6.07, 6.45) is 0.726. The number of methoxy groups -OCH3 is 1. The molecule has 0 aliphatic heterocycles. The molecule has 0 spiro atoms. The van der Waals surface area contributed by atoms with Crippen molar-refractivity contribution in [2.24, 2.45) is 0 Å². The molecular formula is C21H21NO4. The number of benzene rings is 2. The minimum absolute atomic E-state index is 0.0447. The summed E-state index contributed by atoms with van der Waals surface area (Å²) in [5.41, 5.74) is 2.72. The maximum absolute atomic E-state index is 12.5. The van der Waals surface area contributed by atoms with Gasteiger partial charge in [-0.2, -0.15) is 0 Å². The van der Waals surface area contributed by atoms with Crippen LogP contribution in [0.2, 0.25) is 0 Å². The second-order valence-corrected chi connectivity index (χ2v) is 7.11. The minimum Gasteiger partial charge on any atom is -0.493 e. The van der Waals surface area contributed by atoms with E-state index in [1.54, 1.807) is 18.2 Å². The first-order valence-electron chi connectivity index (χ1n) is 8.31. The Morgan fingerprint density at radius 2 is 1.81 bits per heavy atom. The Morgan fingerprint density at radius 1 is 1.12 bits per heavy atom. The molecule has 0 saturated heterocycles. The number of furan rings is 1. The first kappa shape index (κ1) is 17.7. The molecule has 0 fully saturated rings. The van der Waals surface area contributed by atoms with Crippen molar-refractivity contribution in [3.05, 3.63) is 59.4 Å². The van der Waals surface area contributed by atoms with Gasteiger partial charge in [0.15, 0.2) is 23.4 Å². The van der Waals surface area contributed by atoms with Gasteiger partial charge in [0.05, 0.1) is 7.11 Å². The second-order valence-electron chi connectivity index (χ2n) is 7.11. The van der Waals surface area contributed by atoms with Crippen LogP contribution < -0.4 is 10.1 Å². The van der Waals surface area contributed by atoms with E-state index in [1.165, 1.54) is 12.7 Å². The fourth-order valence-corrected chi connectivity index (χ4v) is 2.74. The van der Waals surface area contributed by atoms with Crippen molar-refractivity contribution in [2.75, 3.05) is 12.4 Å². The molecule has 0 aliphatic carbocycles. The van der Waals surface area contributed by atoms with Crippen LogP contribution in [0.4, 0.5) is 5.69 Å². The summed E-state index contributed by atoms with van der Waals surface area (Å²) in [7, 11) is 1.51. The Morgan fingerprint density at radius 3 is 2.38 bits per heavy atom. The second kappa shape index (κ2) is 6.67. The van der Waals surface area contributed by atoms with Gasteiger partial charge in [0.2, 0.25) is 0 Å². The van der Waals surface area contributed by atoms with Crippen LogP contribution in [0.15, 0.2) is 46.9 Å². The van der Waals surface area contributed by atoms with Crippen molar-refractivity contribution in [3.8, 4) is 5.75 Å². The number of anilines is 1. The van der Waals surface area contributed by atoms with Crippen LogP contribution in [0.25, 0.3) is 11.0 Å². The third-order valence-electron chi connectivity index (χ3n) is 4.26. The zero-order valence-electron chi connectivity index (χ0n) is 15.3. The Balaban J connectivity index is 1.89. The van der Waals surface area contributed by atoms with Gasteiger partial charge in [0.25, 0.3) is 5.91 Å². The van der Waals surface area contributed by atoms with E-state index < -0.39 is 0 Å². The van der Waals surface area contributed by atoms with Gasteiger partial charge < -0.3 is 14.5 Å². The molecule has 3 aromatic rings. The largest absolute Gasteiger partial charge is 0.493 e. The normalized spacial score (nSPS) is 11.4. The quantitative estimate of drug-likeness (QED) is 0.685. The summed E-state index contributed by atoms with van der Waals surface area (Å²) in [6, 6.07) is 12.5. The summed E-state index contributed by atoms with van der Waals surface area (Å²) < 4.78 is 10.9. The molecule has 0 radical (unpaired) electrons. The smallest absolute Gasteiger partial charge is 0.291 e. The maximum atomic E-state index is 12.5. The molecule has 134 valence electrons. The average molecular weight is 351 g/mol. The van der Waals surface area contributed by atoms with E-state index in [9.17, 15) is 9.59 Å². The van der Waals surface area contributed by atoms with Crippen LogP contribution in [0.1, 0.15) is 47.2 Å². The number of hydrogen-bond donors (Lipinski definition) is 1. The number of fused-ring (bicyclic) bond motifs is 1. The van der Waals surface area contributed by atoms with Crippen molar-refractivity contribution < 1.29 is 18.7 Å². The highest BCUT2D eigenvalue weighted by atomic mass is 16.5. The Hall–Kier alpha value is -3.08. The number of rotatable bonds is 4. The van der Waals surface area contributed by atoms with E-state index in [2.05, 4.69) is 26.1 Å². The summed E-state index contributed by atoms with van der Waals surface area (Å²) in [5.74, 6) is 0.204. The number of hydrogen-bond acceptors (Lipinski definition) is 4. The number of carbonyl (C=O) groups excluding carboxylic acids is 2. The van der Waals surface area contributed by atoms with Gasteiger partial charge >= 0.3 is 0 Å². The molecule has 0 bridgehead atoms. The lowest BCUT2D eigenvalue weighted by atomic mass is 9.87. The van der Waals surface area contributed by atoms with Gasteiger partial charge in [-0.1, -0.05) is 32.9 Å². The lowest BCUT2D eigenvalue weighted by Gasteiger charge is -2.19. The summed E-state index contributed by atoms with van der Waals surface area (Å²) in [6.45, 7) is 6.40. The van der Waals surface area contributed by atoms with E-state index in [-0.39, 0.29) is 17.1 Å². The fourth-order valence-electron chi connectivity index (χ4n) is 2.74. The van der Waals surface area contributed by atoms with E-state index in [0.29, 0.717) is 28.0 Å². The SMILES string of the molecule is COc1ccc(C=O)c2cc(C(=O)Nc3ccc(C(C)(C)C)cc3)oc12. The topological polar surface area (TPSA) is 68.5 Å². The molecule has 3 rings (SSSR count). The third kappa shape index (κ3) is 3.33. The first-order valence-corrected chi connectivity index (χ1v) is 8.31. The van der Waals surface area contributed by atoms with Crippen molar-refractivity contribution >= 4 is 28.8 Å². The highest BCUT2D eigenvalue weighted by Crippen LogP contribution is 2.31. The van der Waals surface area contributed by atoms with Crippen LogP contribution in [0, 0.1) is 0 Å². The molecule has 0 unspecified atom stereocenters. The summed E-state index contributed by atoms with van der Waals surface area (Å²) >= 11 is 0. The van der Waals surface area contributed by atoms with E-state index in [4.69, 9.17) is 9.15 Å². The Kier molecular flexibility index (Phi) is 4.55. The number of carbonyl (C=O) groups is 2. The molecule has 0 saturated carbocycles. The predicted molar refractivity (Wildman–Crippen MR) is 101 cm³/mol. The molecule has 1 amide bonds. The molecule has 1 aromatic heterocycles. The number of nitrogens with one attached hydrogen (secondary N) is 1. The summed E-state index contributed by atoms with van der Waals surface area (Å²) in [5, 5.41) is 3.36. The van der Waals surface area contributed by atoms with E-state index >= 15 is 0 Å². The molecule has 1 N–H and O–H groups in total. The highest BCUT2D eigenvalue weighted by molar-refractivity contribution is 6.07. The molecule has 5 nitrogen and oxygen atoms in total. The molecule has 26 heavy (non-hydrogen) atoms. The van der Waals surface area contributed by atoms with Crippen molar-refractivity contribution in [2.45, 2.75) is 26.2 Å². The molecule has 5 heteroatoms. The third-order valence-corrected chi connectivity index (χ3v) is 4.26. The van der Waals surface area contributed by atoms with Gasteiger partial charge in [0, 0.05) is 16.6 Å². The average Bonchev–Trinajstić information content (AvgIpc) is 3.06. The lowest BCUT2D eigenvalue weighted by Crippen LogP contribution is -2.13. The molecule has 1 heterocycles. The van der Waals surface area contributed by atoms with Crippen LogP contribution >= 0.6 is 0 Å². The van der Waals surface area contributed by atoms with E-state index in [1.807, 2.05) is 24.3 Å². The maximum Gasteiger partial charge on any atom is 0.291 e. The summed E-state index contributed by atoms with van der Waals surface area (Å²) in [4.78, 5) is 23.8. The van der Waals surface area contributed by atoms with Gasteiger partial charge in [-0.15, -0.1) is 0 Å². The lowest BCUT2D eigenvalue weighted by molar-refractivity contribution is 0.0998. The van der Waals surface area contributed by atoms with Crippen molar-refractivity contribution in [1.82, 2.24) is 0 Å². The van der Waals surface area contributed by atoms with Gasteiger partial charge in [0.1, 0.15) is 0 Å². The highest BCUT2D eigenvalue weighted by Gasteiger charge is 2.18. The molecule has 0 atom stereocenters. The molecular weight excluding hydrogens is 330 g/mol. The van der Waals surface area contributed by atoms with Crippen molar-refractivity contribution in [1.29, 1.82) is 0 Å². The zero-order valence-corrected chi connectivity index (χ0v) is 15.3. The van der Waals surface area contributed by atoms with Crippen LogP contribution in [0.5, 0.6) is 5.75 Å². The monoisotopic (exact) mass is 351 g/mol. The van der Waals surface area contributed by atoms with Crippen molar-refractivity contribution in [3.63, 3.8) is 0 Å². The number of ether oxygens (including phenoxy) is 1. The van der Waals surface area contributed by atoms with Crippen LogP contribution in [0.3, 0.4) is 0 Å². The fraction of sp³-hybridized carbons (Fsp3) is 0.238. The predicted octanol–water partition coefficient (Wildman–Crippen LogP) is 4.80. The molecule has 2 aromatic carbocycles. The number of amides is 1.